The Morgan fingerprint density at radius 2 is 2.33 bits per heavy atom. The van der Waals surface area contributed by atoms with Gasteiger partial charge in [-0.2, -0.15) is 0 Å². The zero-order chi connectivity index (χ0) is 8.97. The molecule has 0 aliphatic rings. The normalized spacial score (nSPS) is 13.2. The molecule has 0 fully saturated rings. The Kier molecular flexibility index (Phi) is 3.55. The molecule has 1 aromatic rings. The third-order valence-corrected chi connectivity index (χ3v) is 2.24. The Morgan fingerprint density at radius 1 is 1.58 bits per heavy atom. The van der Waals surface area contributed by atoms with Gasteiger partial charge in [0, 0.05) is 12.5 Å². The maximum atomic E-state index is 5.53. The molecule has 1 rings (SSSR count). The molecule has 1 aromatic heterocycles. The van der Waals surface area contributed by atoms with Crippen LogP contribution in [0.4, 0.5) is 0 Å². The highest BCUT2D eigenvalue weighted by atomic mass is 32.2. The van der Waals surface area contributed by atoms with E-state index < -0.39 is 0 Å². The van der Waals surface area contributed by atoms with Crippen LogP contribution in [0.15, 0.2) is 9.64 Å². The fraction of sp³-hybridized carbons (Fsp3) is 0.714. The fourth-order valence-corrected chi connectivity index (χ4v) is 1.20. The summed E-state index contributed by atoms with van der Waals surface area (Å²) in [6.07, 6.45) is 2.84. The predicted octanol–water partition coefficient (Wildman–Crippen LogP) is 1.24. The molecule has 0 amide bonds. The third kappa shape index (κ3) is 1.98. The van der Waals surface area contributed by atoms with Gasteiger partial charge in [0.15, 0.2) is 0 Å². The molecule has 0 saturated heterocycles. The molecule has 2 N–H and O–H groups in total. The molecule has 0 aromatic carbocycles. The van der Waals surface area contributed by atoms with Crippen LogP contribution in [0.1, 0.15) is 25.2 Å². The van der Waals surface area contributed by atoms with Crippen molar-refractivity contribution in [2.45, 2.75) is 24.5 Å². The van der Waals surface area contributed by atoms with E-state index >= 15 is 0 Å². The molecular formula is C7H13N3OS. The standard InChI is InChI=1S/C7H13N3OS/c1-3-5(4-8)6-9-10-7(11-6)12-2/h5H,3-4,8H2,1-2H3. The quantitative estimate of drug-likeness (QED) is 0.718. The van der Waals surface area contributed by atoms with Gasteiger partial charge in [0.25, 0.3) is 5.22 Å². The van der Waals surface area contributed by atoms with Gasteiger partial charge in [0.2, 0.25) is 5.89 Å². The highest BCUT2D eigenvalue weighted by molar-refractivity contribution is 7.98. The van der Waals surface area contributed by atoms with Crippen LogP contribution in [-0.2, 0) is 0 Å². The molecular weight excluding hydrogens is 174 g/mol. The van der Waals surface area contributed by atoms with Gasteiger partial charge in [-0.1, -0.05) is 18.7 Å². The summed E-state index contributed by atoms with van der Waals surface area (Å²) in [5, 5.41) is 8.36. The molecule has 0 spiro atoms. The second-order valence-corrected chi connectivity index (χ2v) is 3.21. The zero-order valence-electron chi connectivity index (χ0n) is 7.28. The Bertz CT molecular complexity index is 234. The van der Waals surface area contributed by atoms with Crippen LogP contribution in [0, 0.1) is 0 Å². The topological polar surface area (TPSA) is 64.9 Å². The lowest BCUT2D eigenvalue weighted by atomic mass is 10.1. The first-order valence-corrected chi connectivity index (χ1v) is 5.11. The molecule has 0 aliphatic carbocycles. The predicted molar refractivity (Wildman–Crippen MR) is 48.2 cm³/mol. The van der Waals surface area contributed by atoms with Crippen LogP contribution >= 0.6 is 11.8 Å². The Hall–Kier alpha value is -0.550. The molecule has 12 heavy (non-hydrogen) atoms. The van der Waals surface area contributed by atoms with Crippen molar-refractivity contribution in [3.63, 3.8) is 0 Å². The Morgan fingerprint density at radius 3 is 2.75 bits per heavy atom. The van der Waals surface area contributed by atoms with E-state index in [-0.39, 0.29) is 5.92 Å². The van der Waals surface area contributed by atoms with Gasteiger partial charge in [-0.3, -0.25) is 0 Å². The lowest BCUT2D eigenvalue weighted by molar-refractivity contribution is 0.382. The van der Waals surface area contributed by atoms with Crippen LogP contribution in [0.25, 0.3) is 0 Å². The van der Waals surface area contributed by atoms with E-state index in [9.17, 15) is 0 Å². The lowest BCUT2D eigenvalue weighted by Gasteiger charge is -2.04. The first-order valence-electron chi connectivity index (χ1n) is 3.89. The smallest absolute Gasteiger partial charge is 0.276 e. The van der Waals surface area contributed by atoms with Crippen LogP contribution in [0.3, 0.4) is 0 Å². The molecule has 68 valence electrons. The van der Waals surface area contributed by atoms with Crippen LogP contribution < -0.4 is 5.73 Å². The molecule has 0 radical (unpaired) electrons. The van der Waals surface area contributed by atoms with Crippen molar-refractivity contribution in [2.24, 2.45) is 5.73 Å². The Balaban J connectivity index is 2.72. The third-order valence-electron chi connectivity index (χ3n) is 1.72. The van der Waals surface area contributed by atoms with Gasteiger partial charge in [0.1, 0.15) is 0 Å². The number of nitrogens with two attached hydrogens (primary N) is 1. The summed E-state index contributed by atoms with van der Waals surface area (Å²) in [6.45, 7) is 2.62. The van der Waals surface area contributed by atoms with Gasteiger partial charge in [0.05, 0.1) is 0 Å². The van der Waals surface area contributed by atoms with E-state index in [1.165, 1.54) is 11.8 Å². The SMILES string of the molecule is CCC(CN)c1nnc(SC)o1. The Labute approximate surface area is 75.9 Å². The monoisotopic (exact) mass is 187 g/mol. The number of rotatable bonds is 4. The van der Waals surface area contributed by atoms with E-state index in [2.05, 4.69) is 17.1 Å². The van der Waals surface area contributed by atoms with Gasteiger partial charge in [-0.15, -0.1) is 10.2 Å². The van der Waals surface area contributed by atoms with Crippen molar-refractivity contribution in [1.29, 1.82) is 0 Å². The van der Waals surface area contributed by atoms with Crippen molar-refractivity contribution in [2.75, 3.05) is 12.8 Å². The van der Waals surface area contributed by atoms with Gasteiger partial charge < -0.3 is 10.2 Å². The van der Waals surface area contributed by atoms with Crippen LogP contribution in [0.2, 0.25) is 0 Å². The van der Waals surface area contributed by atoms with Gasteiger partial charge in [-0.05, 0) is 12.7 Å². The number of hydrogen-bond donors (Lipinski definition) is 1. The number of hydrogen-bond acceptors (Lipinski definition) is 5. The number of nitrogens with zero attached hydrogens (tertiary/aromatic N) is 2. The van der Waals surface area contributed by atoms with Crippen molar-refractivity contribution in [3.8, 4) is 0 Å². The van der Waals surface area contributed by atoms with E-state index in [4.69, 9.17) is 10.2 Å². The van der Waals surface area contributed by atoms with Crippen molar-refractivity contribution < 1.29 is 4.42 Å². The summed E-state index contributed by atoms with van der Waals surface area (Å²) in [5.41, 5.74) is 5.53. The van der Waals surface area contributed by atoms with Crippen molar-refractivity contribution >= 4 is 11.8 Å². The summed E-state index contributed by atoms with van der Waals surface area (Å²) in [5.74, 6) is 0.864. The summed E-state index contributed by atoms with van der Waals surface area (Å²) >= 11 is 1.45. The maximum absolute atomic E-state index is 5.53. The molecule has 4 nitrogen and oxygen atoms in total. The first-order chi connectivity index (χ1) is 5.81. The minimum absolute atomic E-state index is 0.207. The maximum Gasteiger partial charge on any atom is 0.276 e. The summed E-state index contributed by atoms with van der Waals surface area (Å²) in [4.78, 5) is 0. The molecule has 1 atom stereocenters. The molecule has 0 bridgehead atoms. The minimum atomic E-state index is 0.207. The number of aromatic nitrogens is 2. The zero-order valence-corrected chi connectivity index (χ0v) is 8.10. The second-order valence-electron chi connectivity index (χ2n) is 2.45. The molecule has 0 aliphatic heterocycles. The first kappa shape index (κ1) is 9.54. The molecule has 0 saturated carbocycles. The van der Waals surface area contributed by atoms with E-state index in [1.54, 1.807) is 0 Å². The minimum Gasteiger partial charge on any atom is -0.416 e. The highest BCUT2D eigenvalue weighted by Crippen LogP contribution is 2.20. The van der Waals surface area contributed by atoms with E-state index in [0.717, 1.165) is 6.42 Å². The van der Waals surface area contributed by atoms with Crippen molar-refractivity contribution in [1.82, 2.24) is 10.2 Å². The van der Waals surface area contributed by atoms with E-state index in [0.29, 0.717) is 17.7 Å². The summed E-state index contributed by atoms with van der Waals surface area (Å²) in [7, 11) is 0. The molecule has 1 heterocycles. The van der Waals surface area contributed by atoms with Gasteiger partial charge in [-0.25, -0.2) is 0 Å². The fourth-order valence-electron chi connectivity index (χ4n) is 0.910. The van der Waals surface area contributed by atoms with Crippen LogP contribution in [0.5, 0.6) is 0 Å². The highest BCUT2D eigenvalue weighted by Gasteiger charge is 2.14. The molecule has 5 heteroatoms. The van der Waals surface area contributed by atoms with E-state index in [1.807, 2.05) is 6.26 Å². The lowest BCUT2D eigenvalue weighted by Crippen LogP contribution is -2.11. The van der Waals surface area contributed by atoms with Crippen molar-refractivity contribution in [3.05, 3.63) is 5.89 Å². The van der Waals surface area contributed by atoms with Gasteiger partial charge >= 0.3 is 0 Å². The summed E-state index contributed by atoms with van der Waals surface area (Å²) in [6, 6.07) is 0. The molecule has 1 unspecified atom stereocenters. The van der Waals surface area contributed by atoms with Crippen LogP contribution in [-0.4, -0.2) is 23.0 Å². The number of thioether (sulfide) groups is 1. The summed E-state index contributed by atoms with van der Waals surface area (Å²) < 4.78 is 5.34. The average molecular weight is 187 g/mol. The average Bonchev–Trinajstić information content (AvgIpc) is 2.55. The second kappa shape index (κ2) is 4.47. The largest absolute Gasteiger partial charge is 0.416 e.